The second kappa shape index (κ2) is 6.92. The number of amides is 1. The summed E-state index contributed by atoms with van der Waals surface area (Å²) in [6.45, 7) is 6.40. The summed E-state index contributed by atoms with van der Waals surface area (Å²) in [5, 5.41) is 8.82. The second-order valence-electron chi connectivity index (χ2n) is 4.84. The Morgan fingerprint density at radius 3 is 2.75 bits per heavy atom. The minimum atomic E-state index is 0.147. The van der Waals surface area contributed by atoms with E-state index in [1.807, 2.05) is 17.0 Å². The summed E-state index contributed by atoms with van der Waals surface area (Å²) >= 11 is 0. The fourth-order valence-corrected chi connectivity index (χ4v) is 2.23. The molecule has 1 amide bonds. The van der Waals surface area contributed by atoms with Gasteiger partial charge in [-0.25, -0.2) is 0 Å². The molecule has 0 aliphatic carbocycles. The molecule has 5 heteroatoms. The van der Waals surface area contributed by atoms with E-state index in [9.17, 15) is 4.79 Å². The van der Waals surface area contributed by atoms with Gasteiger partial charge in [-0.15, -0.1) is 0 Å². The zero-order valence-corrected chi connectivity index (χ0v) is 11.7. The quantitative estimate of drug-likeness (QED) is 0.824. The van der Waals surface area contributed by atoms with Crippen LogP contribution in [0.2, 0.25) is 0 Å². The number of hydrogen-bond donors (Lipinski definition) is 0. The Bertz CT molecular complexity index is 502. The lowest BCUT2D eigenvalue weighted by Crippen LogP contribution is -2.48. The molecular formula is C15H19N3O2. The van der Waals surface area contributed by atoms with Gasteiger partial charge in [0, 0.05) is 39.6 Å². The molecular weight excluding hydrogens is 254 g/mol. The van der Waals surface area contributed by atoms with Crippen molar-refractivity contribution in [2.24, 2.45) is 0 Å². The summed E-state index contributed by atoms with van der Waals surface area (Å²) in [7, 11) is 0. The minimum Gasteiger partial charge on any atom is -0.492 e. The topological polar surface area (TPSA) is 56.6 Å². The molecule has 0 bridgehead atoms. The van der Waals surface area contributed by atoms with Crippen molar-refractivity contribution in [3.05, 3.63) is 29.8 Å². The molecule has 1 aromatic carbocycles. The van der Waals surface area contributed by atoms with Crippen LogP contribution < -0.4 is 4.74 Å². The molecule has 1 fully saturated rings. The number of hydrogen-bond acceptors (Lipinski definition) is 4. The molecule has 1 aliphatic rings. The third-order valence-electron chi connectivity index (χ3n) is 3.46. The van der Waals surface area contributed by atoms with Crippen molar-refractivity contribution >= 4 is 5.91 Å². The van der Waals surface area contributed by atoms with Crippen molar-refractivity contribution in [3.8, 4) is 11.8 Å². The zero-order valence-electron chi connectivity index (χ0n) is 11.7. The third kappa shape index (κ3) is 3.97. The molecule has 0 atom stereocenters. The van der Waals surface area contributed by atoms with Crippen molar-refractivity contribution in [1.29, 1.82) is 5.26 Å². The predicted molar refractivity (Wildman–Crippen MR) is 75.3 cm³/mol. The van der Waals surface area contributed by atoms with Gasteiger partial charge in [-0.1, -0.05) is 6.07 Å². The highest BCUT2D eigenvalue weighted by Gasteiger charge is 2.17. The maximum absolute atomic E-state index is 11.2. The molecule has 0 unspecified atom stereocenters. The fraction of sp³-hybridized carbons (Fsp3) is 0.467. The van der Waals surface area contributed by atoms with E-state index in [4.69, 9.17) is 10.00 Å². The molecule has 1 heterocycles. The summed E-state index contributed by atoms with van der Waals surface area (Å²) in [6.07, 6.45) is 0. The van der Waals surface area contributed by atoms with E-state index < -0.39 is 0 Å². The number of carbonyl (C=O) groups excluding carboxylic acids is 1. The van der Waals surface area contributed by atoms with E-state index >= 15 is 0 Å². The van der Waals surface area contributed by atoms with Gasteiger partial charge in [-0.2, -0.15) is 5.26 Å². The van der Waals surface area contributed by atoms with Gasteiger partial charge in [-0.3, -0.25) is 9.69 Å². The molecule has 1 aliphatic heterocycles. The lowest BCUT2D eigenvalue weighted by molar-refractivity contribution is -0.130. The maximum atomic E-state index is 11.2. The van der Waals surface area contributed by atoms with Crippen molar-refractivity contribution in [2.45, 2.75) is 6.92 Å². The molecule has 0 N–H and O–H groups in total. The van der Waals surface area contributed by atoms with Gasteiger partial charge in [-0.05, 0) is 18.2 Å². The first kappa shape index (κ1) is 14.4. The van der Waals surface area contributed by atoms with E-state index in [-0.39, 0.29) is 5.91 Å². The monoisotopic (exact) mass is 273 g/mol. The first-order valence-corrected chi connectivity index (χ1v) is 6.80. The van der Waals surface area contributed by atoms with Crippen LogP contribution in [0.4, 0.5) is 0 Å². The maximum Gasteiger partial charge on any atom is 0.219 e. The molecule has 5 nitrogen and oxygen atoms in total. The van der Waals surface area contributed by atoms with Crippen molar-refractivity contribution < 1.29 is 9.53 Å². The highest BCUT2D eigenvalue weighted by atomic mass is 16.5. The lowest BCUT2D eigenvalue weighted by Gasteiger charge is -2.34. The van der Waals surface area contributed by atoms with Crippen LogP contribution >= 0.6 is 0 Å². The first-order valence-electron chi connectivity index (χ1n) is 6.80. The van der Waals surface area contributed by atoms with E-state index in [2.05, 4.69) is 11.0 Å². The number of carbonyl (C=O) groups is 1. The van der Waals surface area contributed by atoms with Crippen LogP contribution in [0.3, 0.4) is 0 Å². The number of piperazine rings is 1. The molecule has 1 saturated heterocycles. The predicted octanol–water partition coefficient (Wildman–Crippen LogP) is 1.10. The smallest absolute Gasteiger partial charge is 0.219 e. The number of ether oxygens (including phenoxy) is 1. The molecule has 0 radical (unpaired) electrons. The van der Waals surface area contributed by atoms with Crippen molar-refractivity contribution in [1.82, 2.24) is 9.80 Å². The Morgan fingerprint density at radius 2 is 2.10 bits per heavy atom. The van der Waals surface area contributed by atoms with Gasteiger partial charge in [0.25, 0.3) is 0 Å². The second-order valence-corrected chi connectivity index (χ2v) is 4.84. The molecule has 106 valence electrons. The van der Waals surface area contributed by atoms with E-state index in [0.29, 0.717) is 12.2 Å². The number of rotatable bonds is 4. The van der Waals surface area contributed by atoms with E-state index in [1.165, 1.54) is 0 Å². The summed E-state index contributed by atoms with van der Waals surface area (Å²) in [6, 6.07) is 9.27. The van der Waals surface area contributed by atoms with Gasteiger partial charge in [0.05, 0.1) is 11.6 Å². The van der Waals surface area contributed by atoms with E-state index in [1.54, 1.807) is 19.1 Å². The lowest BCUT2D eigenvalue weighted by atomic mass is 10.2. The number of nitrogens with zero attached hydrogens (tertiary/aromatic N) is 3. The Morgan fingerprint density at radius 1 is 1.35 bits per heavy atom. The van der Waals surface area contributed by atoms with Gasteiger partial charge in [0.2, 0.25) is 5.91 Å². The van der Waals surface area contributed by atoms with Crippen LogP contribution in [0, 0.1) is 11.3 Å². The van der Waals surface area contributed by atoms with Gasteiger partial charge < -0.3 is 9.64 Å². The van der Waals surface area contributed by atoms with Gasteiger partial charge in [0.15, 0.2) is 0 Å². The minimum absolute atomic E-state index is 0.147. The van der Waals surface area contributed by atoms with Crippen LogP contribution in [0.5, 0.6) is 5.75 Å². The Balaban J connectivity index is 1.71. The zero-order chi connectivity index (χ0) is 14.4. The summed E-state index contributed by atoms with van der Waals surface area (Å²) in [4.78, 5) is 15.4. The molecule has 1 aromatic rings. The summed E-state index contributed by atoms with van der Waals surface area (Å²) in [5.41, 5.74) is 0.609. The first-order chi connectivity index (χ1) is 9.69. The van der Waals surface area contributed by atoms with Gasteiger partial charge >= 0.3 is 0 Å². The van der Waals surface area contributed by atoms with Gasteiger partial charge in [0.1, 0.15) is 12.4 Å². The molecule has 0 spiro atoms. The highest BCUT2D eigenvalue weighted by molar-refractivity contribution is 5.73. The third-order valence-corrected chi connectivity index (χ3v) is 3.46. The van der Waals surface area contributed by atoms with Crippen LogP contribution in [0.1, 0.15) is 12.5 Å². The fourth-order valence-electron chi connectivity index (χ4n) is 2.23. The average molecular weight is 273 g/mol. The van der Waals surface area contributed by atoms with Crippen LogP contribution in [-0.4, -0.2) is 55.0 Å². The Hall–Kier alpha value is -2.06. The van der Waals surface area contributed by atoms with E-state index in [0.717, 1.165) is 38.5 Å². The SMILES string of the molecule is CC(=O)N1CCN(CCOc2cccc(C#N)c2)CC1. The highest BCUT2D eigenvalue weighted by Crippen LogP contribution is 2.12. The van der Waals surface area contributed by atoms with Crippen molar-refractivity contribution in [2.75, 3.05) is 39.3 Å². The van der Waals surface area contributed by atoms with Crippen molar-refractivity contribution in [3.63, 3.8) is 0 Å². The standard InChI is InChI=1S/C15H19N3O2/c1-13(19)18-7-5-17(6-8-18)9-10-20-15-4-2-3-14(11-15)12-16/h2-4,11H,5-10H2,1H3. The van der Waals surface area contributed by atoms with Crippen LogP contribution in [0.15, 0.2) is 24.3 Å². The number of benzene rings is 1. The average Bonchev–Trinajstić information content (AvgIpc) is 2.48. The normalized spacial score (nSPS) is 15.7. The molecule has 20 heavy (non-hydrogen) atoms. The molecule has 0 saturated carbocycles. The Kier molecular flexibility index (Phi) is 4.97. The molecule has 0 aromatic heterocycles. The Labute approximate surface area is 119 Å². The van der Waals surface area contributed by atoms with Crippen LogP contribution in [0.25, 0.3) is 0 Å². The largest absolute Gasteiger partial charge is 0.492 e. The summed E-state index contributed by atoms with van der Waals surface area (Å²) < 4.78 is 5.65. The summed E-state index contributed by atoms with van der Waals surface area (Å²) in [5.74, 6) is 0.876. The van der Waals surface area contributed by atoms with Crippen LogP contribution in [-0.2, 0) is 4.79 Å². The number of nitriles is 1. The molecule has 2 rings (SSSR count).